The van der Waals surface area contributed by atoms with E-state index in [4.69, 9.17) is 21.6 Å². The molecule has 0 unspecified atom stereocenters. The van der Waals surface area contributed by atoms with Gasteiger partial charge in [-0.2, -0.15) is 5.26 Å². The van der Waals surface area contributed by atoms with Crippen molar-refractivity contribution in [2.75, 3.05) is 6.61 Å². The van der Waals surface area contributed by atoms with Crippen LogP contribution in [0.25, 0.3) is 0 Å². The molecule has 0 heterocycles. The molecular formula is C12H14ClNO. The first-order valence-electron chi connectivity index (χ1n) is 5.11. The Labute approximate surface area is 95.4 Å². The molecule has 0 fully saturated rings. The van der Waals surface area contributed by atoms with Gasteiger partial charge in [0.2, 0.25) is 0 Å². The Bertz CT molecular complexity index is 357. The molecule has 0 amide bonds. The van der Waals surface area contributed by atoms with Crippen LogP contribution in [-0.4, -0.2) is 6.61 Å². The third-order valence-electron chi connectivity index (χ3n) is 2.09. The number of benzene rings is 1. The van der Waals surface area contributed by atoms with Crippen molar-refractivity contribution >= 4 is 11.6 Å². The first-order valence-corrected chi connectivity index (χ1v) is 5.48. The Hall–Kier alpha value is -1.20. The van der Waals surface area contributed by atoms with E-state index in [2.05, 4.69) is 6.92 Å². The highest BCUT2D eigenvalue weighted by Gasteiger charge is 2.06. The van der Waals surface area contributed by atoms with Gasteiger partial charge in [-0.1, -0.05) is 37.4 Å². The van der Waals surface area contributed by atoms with Crippen LogP contribution >= 0.6 is 11.6 Å². The van der Waals surface area contributed by atoms with E-state index in [0.717, 1.165) is 19.3 Å². The van der Waals surface area contributed by atoms with Crippen LogP contribution in [0.1, 0.15) is 31.7 Å². The topological polar surface area (TPSA) is 33.0 Å². The second-order valence-corrected chi connectivity index (χ2v) is 3.69. The number of ether oxygens (including phenoxy) is 1. The molecule has 0 aromatic heterocycles. The molecule has 3 heteroatoms. The predicted molar refractivity (Wildman–Crippen MR) is 61.2 cm³/mol. The fourth-order valence-electron chi connectivity index (χ4n) is 1.27. The Morgan fingerprint density at radius 1 is 1.40 bits per heavy atom. The van der Waals surface area contributed by atoms with Gasteiger partial charge in [-0.25, -0.2) is 0 Å². The molecule has 0 bridgehead atoms. The van der Waals surface area contributed by atoms with Gasteiger partial charge in [0.15, 0.2) is 0 Å². The summed E-state index contributed by atoms with van der Waals surface area (Å²) < 4.78 is 5.50. The first-order chi connectivity index (χ1) is 7.29. The zero-order valence-corrected chi connectivity index (χ0v) is 9.55. The molecule has 0 aliphatic rings. The van der Waals surface area contributed by atoms with E-state index in [1.807, 2.05) is 6.07 Å². The van der Waals surface area contributed by atoms with Crippen LogP contribution in [0.15, 0.2) is 18.2 Å². The van der Waals surface area contributed by atoms with E-state index in [9.17, 15) is 0 Å². The van der Waals surface area contributed by atoms with E-state index in [1.54, 1.807) is 18.2 Å². The summed E-state index contributed by atoms with van der Waals surface area (Å²) in [5.41, 5.74) is 0.427. The second kappa shape index (κ2) is 6.31. The van der Waals surface area contributed by atoms with Gasteiger partial charge in [0.1, 0.15) is 17.4 Å². The van der Waals surface area contributed by atoms with Crippen LogP contribution in [0.5, 0.6) is 5.75 Å². The molecule has 1 aromatic carbocycles. The molecule has 0 saturated heterocycles. The fraction of sp³-hybridized carbons (Fsp3) is 0.417. The summed E-state index contributed by atoms with van der Waals surface area (Å²) in [4.78, 5) is 0. The minimum atomic E-state index is 0.427. The van der Waals surface area contributed by atoms with Gasteiger partial charge >= 0.3 is 0 Å². The maximum atomic E-state index is 8.89. The highest BCUT2D eigenvalue weighted by Crippen LogP contribution is 2.25. The third-order valence-corrected chi connectivity index (χ3v) is 2.41. The van der Waals surface area contributed by atoms with E-state index < -0.39 is 0 Å². The largest absolute Gasteiger partial charge is 0.492 e. The minimum absolute atomic E-state index is 0.427. The van der Waals surface area contributed by atoms with Gasteiger partial charge in [-0.15, -0.1) is 0 Å². The number of hydrogen-bond acceptors (Lipinski definition) is 2. The fourth-order valence-corrected chi connectivity index (χ4v) is 1.48. The summed E-state index contributed by atoms with van der Waals surface area (Å²) in [5.74, 6) is 0.584. The number of nitrogens with zero attached hydrogens (tertiary/aromatic N) is 1. The van der Waals surface area contributed by atoms with E-state index in [-0.39, 0.29) is 0 Å². The van der Waals surface area contributed by atoms with Crippen LogP contribution < -0.4 is 4.74 Å². The maximum Gasteiger partial charge on any atom is 0.138 e. The van der Waals surface area contributed by atoms with Crippen molar-refractivity contribution in [3.63, 3.8) is 0 Å². The number of halogens is 1. The van der Waals surface area contributed by atoms with Crippen molar-refractivity contribution in [1.82, 2.24) is 0 Å². The molecule has 0 aliphatic carbocycles. The molecule has 1 rings (SSSR count). The maximum absolute atomic E-state index is 8.89. The normalized spacial score (nSPS) is 9.67. The van der Waals surface area contributed by atoms with Crippen molar-refractivity contribution in [3.05, 3.63) is 28.8 Å². The first kappa shape index (κ1) is 11.9. The minimum Gasteiger partial charge on any atom is -0.492 e. The van der Waals surface area contributed by atoms with Crippen molar-refractivity contribution in [3.8, 4) is 11.8 Å². The highest BCUT2D eigenvalue weighted by atomic mass is 35.5. The van der Waals surface area contributed by atoms with Crippen LogP contribution in [-0.2, 0) is 0 Å². The quantitative estimate of drug-likeness (QED) is 0.712. The number of hydrogen-bond donors (Lipinski definition) is 0. The third kappa shape index (κ3) is 3.45. The predicted octanol–water partition coefficient (Wildman–Crippen LogP) is 3.78. The monoisotopic (exact) mass is 223 g/mol. The van der Waals surface area contributed by atoms with E-state index >= 15 is 0 Å². The van der Waals surface area contributed by atoms with E-state index in [0.29, 0.717) is 22.9 Å². The number of unbranched alkanes of at least 4 members (excludes halogenated alkanes) is 2. The van der Waals surface area contributed by atoms with Gasteiger partial charge in [0, 0.05) is 0 Å². The van der Waals surface area contributed by atoms with E-state index in [1.165, 1.54) is 0 Å². The Morgan fingerprint density at radius 2 is 2.20 bits per heavy atom. The highest BCUT2D eigenvalue weighted by molar-refractivity contribution is 6.31. The van der Waals surface area contributed by atoms with Gasteiger partial charge in [-0.05, 0) is 18.6 Å². The summed E-state index contributed by atoms with van der Waals surface area (Å²) in [6.45, 7) is 2.78. The summed E-state index contributed by atoms with van der Waals surface area (Å²) in [6.07, 6.45) is 3.31. The second-order valence-electron chi connectivity index (χ2n) is 3.28. The SMILES string of the molecule is CCCCCOc1cccc(Cl)c1C#N. The molecule has 0 aliphatic heterocycles. The standard InChI is InChI=1S/C12H14ClNO/c1-2-3-4-8-15-12-7-5-6-11(13)10(12)9-14/h5-7H,2-4,8H2,1H3. The lowest BCUT2D eigenvalue weighted by atomic mass is 10.2. The Morgan fingerprint density at radius 3 is 2.87 bits per heavy atom. The van der Waals surface area contributed by atoms with Crippen LogP contribution in [0.4, 0.5) is 0 Å². The Kier molecular flexibility index (Phi) is 5.00. The number of nitriles is 1. The van der Waals surface area contributed by atoms with Crippen LogP contribution in [0.2, 0.25) is 5.02 Å². The number of rotatable bonds is 5. The lowest BCUT2D eigenvalue weighted by Crippen LogP contribution is -1.99. The zero-order valence-electron chi connectivity index (χ0n) is 8.79. The Balaban J connectivity index is 2.61. The van der Waals surface area contributed by atoms with Crippen LogP contribution in [0.3, 0.4) is 0 Å². The van der Waals surface area contributed by atoms with Gasteiger partial charge in [-0.3, -0.25) is 0 Å². The zero-order chi connectivity index (χ0) is 11.1. The smallest absolute Gasteiger partial charge is 0.138 e. The summed E-state index contributed by atoms with van der Waals surface area (Å²) >= 11 is 5.87. The average molecular weight is 224 g/mol. The molecule has 0 radical (unpaired) electrons. The van der Waals surface area contributed by atoms with Gasteiger partial charge < -0.3 is 4.74 Å². The molecule has 15 heavy (non-hydrogen) atoms. The molecule has 0 spiro atoms. The average Bonchev–Trinajstić information content (AvgIpc) is 2.24. The lowest BCUT2D eigenvalue weighted by Gasteiger charge is -2.07. The molecular weight excluding hydrogens is 210 g/mol. The van der Waals surface area contributed by atoms with Crippen molar-refractivity contribution in [2.24, 2.45) is 0 Å². The van der Waals surface area contributed by atoms with Gasteiger partial charge in [0.25, 0.3) is 0 Å². The van der Waals surface area contributed by atoms with Crippen molar-refractivity contribution in [2.45, 2.75) is 26.2 Å². The summed E-state index contributed by atoms with van der Waals surface area (Å²) in [7, 11) is 0. The molecule has 80 valence electrons. The summed E-state index contributed by atoms with van der Waals surface area (Å²) in [6, 6.07) is 7.31. The molecule has 2 nitrogen and oxygen atoms in total. The molecule has 1 aromatic rings. The van der Waals surface area contributed by atoms with Crippen molar-refractivity contribution in [1.29, 1.82) is 5.26 Å². The van der Waals surface area contributed by atoms with Crippen LogP contribution in [0, 0.1) is 11.3 Å². The molecule has 0 N–H and O–H groups in total. The molecule has 0 atom stereocenters. The lowest BCUT2D eigenvalue weighted by molar-refractivity contribution is 0.305. The van der Waals surface area contributed by atoms with Gasteiger partial charge in [0.05, 0.1) is 11.6 Å². The van der Waals surface area contributed by atoms with Crippen molar-refractivity contribution < 1.29 is 4.74 Å². The molecule has 0 saturated carbocycles. The summed E-state index contributed by atoms with van der Waals surface area (Å²) in [5, 5.41) is 9.34.